The summed E-state index contributed by atoms with van der Waals surface area (Å²) in [5.74, 6) is 1.74. The predicted octanol–water partition coefficient (Wildman–Crippen LogP) is 3.13. The SMILES string of the molecule is C[C@H]1CC[C@@H](C(C)(C)O)C[C@]23O[C@]12CC[C@@H]3C. The van der Waals surface area contributed by atoms with Crippen molar-refractivity contribution >= 4 is 0 Å². The molecule has 0 aromatic carbocycles. The van der Waals surface area contributed by atoms with Crippen molar-refractivity contribution in [3.63, 3.8) is 0 Å². The van der Waals surface area contributed by atoms with E-state index in [9.17, 15) is 5.11 Å². The summed E-state index contributed by atoms with van der Waals surface area (Å²) >= 11 is 0. The first-order chi connectivity index (χ1) is 7.82. The zero-order valence-electron chi connectivity index (χ0n) is 11.6. The van der Waals surface area contributed by atoms with Gasteiger partial charge in [-0.2, -0.15) is 0 Å². The maximum absolute atomic E-state index is 10.3. The highest BCUT2D eigenvalue weighted by molar-refractivity contribution is 5.26. The molecule has 0 aromatic rings. The Kier molecular flexibility index (Phi) is 2.30. The number of rotatable bonds is 1. The summed E-state index contributed by atoms with van der Waals surface area (Å²) in [4.78, 5) is 0. The average molecular weight is 238 g/mol. The van der Waals surface area contributed by atoms with E-state index in [1.807, 2.05) is 13.8 Å². The first-order valence-electron chi connectivity index (χ1n) is 7.24. The normalized spacial score (nSPS) is 53.8. The lowest BCUT2D eigenvalue weighted by molar-refractivity contribution is -0.0111. The Balaban J connectivity index is 1.91. The molecule has 1 saturated heterocycles. The van der Waals surface area contributed by atoms with E-state index in [4.69, 9.17) is 4.74 Å². The molecule has 1 heterocycles. The molecule has 3 rings (SSSR count). The van der Waals surface area contributed by atoms with Gasteiger partial charge in [0.1, 0.15) is 11.2 Å². The minimum absolute atomic E-state index is 0.119. The molecule has 2 aliphatic carbocycles. The summed E-state index contributed by atoms with van der Waals surface area (Å²) in [5.41, 5.74) is -0.251. The number of hydrogen-bond acceptors (Lipinski definition) is 2. The molecule has 2 nitrogen and oxygen atoms in total. The Bertz CT molecular complexity index is 332. The van der Waals surface area contributed by atoms with Gasteiger partial charge in [-0.25, -0.2) is 0 Å². The van der Waals surface area contributed by atoms with Crippen LogP contribution in [0.2, 0.25) is 0 Å². The van der Waals surface area contributed by atoms with E-state index in [1.54, 1.807) is 0 Å². The fraction of sp³-hybridized carbons (Fsp3) is 1.00. The second kappa shape index (κ2) is 3.27. The Morgan fingerprint density at radius 2 is 1.71 bits per heavy atom. The highest BCUT2D eigenvalue weighted by atomic mass is 16.6. The molecule has 3 fully saturated rings. The molecule has 2 saturated carbocycles. The first-order valence-corrected chi connectivity index (χ1v) is 7.24. The Morgan fingerprint density at radius 3 is 2.35 bits per heavy atom. The standard InChI is InChI=1S/C15H26O2/c1-10-5-6-12(13(3,4)16)9-15-11(2)7-8-14(10,15)17-15/h10-12,16H,5-9H2,1-4H3/t10-,11-,12+,14+,15+/m0/s1. The largest absolute Gasteiger partial charge is 0.390 e. The van der Waals surface area contributed by atoms with E-state index in [1.165, 1.54) is 19.3 Å². The first kappa shape index (κ1) is 12.0. The minimum Gasteiger partial charge on any atom is -0.390 e. The Labute approximate surface area is 105 Å². The zero-order chi connectivity index (χ0) is 12.5. The molecule has 1 N–H and O–H groups in total. The van der Waals surface area contributed by atoms with Gasteiger partial charge in [0.15, 0.2) is 0 Å². The van der Waals surface area contributed by atoms with Crippen LogP contribution in [0.25, 0.3) is 0 Å². The van der Waals surface area contributed by atoms with Gasteiger partial charge in [-0.05, 0) is 63.7 Å². The summed E-state index contributed by atoms with van der Waals surface area (Å²) in [7, 11) is 0. The summed E-state index contributed by atoms with van der Waals surface area (Å²) in [6.07, 6.45) is 5.99. The van der Waals surface area contributed by atoms with Crippen molar-refractivity contribution in [2.24, 2.45) is 17.8 Å². The quantitative estimate of drug-likeness (QED) is 0.712. The maximum Gasteiger partial charge on any atom is 0.101 e. The van der Waals surface area contributed by atoms with Crippen LogP contribution < -0.4 is 0 Å². The number of epoxide rings is 1. The molecular formula is C15H26O2. The van der Waals surface area contributed by atoms with Crippen molar-refractivity contribution in [1.82, 2.24) is 0 Å². The summed E-state index contributed by atoms with van der Waals surface area (Å²) < 4.78 is 6.31. The van der Waals surface area contributed by atoms with Crippen LogP contribution in [0.3, 0.4) is 0 Å². The molecule has 5 atom stereocenters. The molecule has 17 heavy (non-hydrogen) atoms. The maximum atomic E-state index is 10.3. The van der Waals surface area contributed by atoms with Gasteiger partial charge in [0.2, 0.25) is 0 Å². The Morgan fingerprint density at radius 1 is 1.06 bits per heavy atom. The van der Waals surface area contributed by atoms with E-state index >= 15 is 0 Å². The number of ether oxygens (including phenoxy) is 1. The van der Waals surface area contributed by atoms with Gasteiger partial charge in [0.25, 0.3) is 0 Å². The van der Waals surface area contributed by atoms with Crippen LogP contribution in [0.5, 0.6) is 0 Å². The molecule has 2 heteroatoms. The van der Waals surface area contributed by atoms with Crippen LogP contribution in [-0.4, -0.2) is 21.9 Å². The average Bonchev–Trinajstić information content (AvgIpc) is 2.83. The molecule has 1 aliphatic heterocycles. The number of aliphatic hydroxyl groups is 1. The van der Waals surface area contributed by atoms with Crippen LogP contribution in [0.4, 0.5) is 0 Å². The molecule has 0 amide bonds. The van der Waals surface area contributed by atoms with Gasteiger partial charge in [-0.3, -0.25) is 0 Å². The zero-order valence-corrected chi connectivity index (χ0v) is 11.6. The molecule has 98 valence electrons. The fourth-order valence-corrected chi connectivity index (χ4v) is 4.68. The second-order valence-corrected chi connectivity index (χ2v) is 7.35. The molecule has 3 aliphatic rings. The van der Waals surface area contributed by atoms with Crippen LogP contribution in [0.1, 0.15) is 59.8 Å². The lowest BCUT2D eigenvalue weighted by Gasteiger charge is -2.32. The molecule has 0 unspecified atom stereocenters. The van der Waals surface area contributed by atoms with E-state index in [0.29, 0.717) is 17.8 Å². The van der Waals surface area contributed by atoms with Crippen molar-refractivity contribution in [2.75, 3.05) is 0 Å². The van der Waals surface area contributed by atoms with Crippen molar-refractivity contribution in [1.29, 1.82) is 0 Å². The summed E-state index contributed by atoms with van der Waals surface area (Å²) in [5, 5.41) is 10.3. The number of hydrogen-bond donors (Lipinski definition) is 1. The molecular weight excluding hydrogens is 212 g/mol. The second-order valence-electron chi connectivity index (χ2n) is 7.35. The Hall–Kier alpha value is -0.0800. The van der Waals surface area contributed by atoms with Crippen molar-refractivity contribution in [2.45, 2.75) is 76.6 Å². The lowest BCUT2D eigenvalue weighted by Crippen LogP contribution is -2.36. The summed E-state index contributed by atoms with van der Waals surface area (Å²) in [6.45, 7) is 8.63. The van der Waals surface area contributed by atoms with E-state index < -0.39 is 5.60 Å². The summed E-state index contributed by atoms with van der Waals surface area (Å²) in [6, 6.07) is 0. The van der Waals surface area contributed by atoms with E-state index in [2.05, 4.69) is 13.8 Å². The van der Waals surface area contributed by atoms with E-state index in [0.717, 1.165) is 12.8 Å². The van der Waals surface area contributed by atoms with Gasteiger partial charge < -0.3 is 9.84 Å². The highest BCUT2D eigenvalue weighted by Crippen LogP contribution is 2.70. The van der Waals surface area contributed by atoms with Gasteiger partial charge in [0.05, 0.1) is 5.60 Å². The predicted molar refractivity (Wildman–Crippen MR) is 67.7 cm³/mol. The topological polar surface area (TPSA) is 32.8 Å². The van der Waals surface area contributed by atoms with Gasteiger partial charge >= 0.3 is 0 Å². The van der Waals surface area contributed by atoms with Gasteiger partial charge in [0, 0.05) is 0 Å². The van der Waals surface area contributed by atoms with Gasteiger partial charge in [-0.1, -0.05) is 13.8 Å². The van der Waals surface area contributed by atoms with Crippen LogP contribution >= 0.6 is 0 Å². The van der Waals surface area contributed by atoms with E-state index in [-0.39, 0.29) is 11.2 Å². The minimum atomic E-state index is -0.557. The molecule has 0 bridgehead atoms. The molecule has 0 radical (unpaired) electrons. The van der Waals surface area contributed by atoms with Crippen LogP contribution in [0.15, 0.2) is 0 Å². The monoisotopic (exact) mass is 238 g/mol. The highest BCUT2D eigenvalue weighted by Gasteiger charge is 2.77. The van der Waals surface area contributed by atoms with Crippen molar-refractivity contribution in [3.05, 3.63) is 0 Å². The smallest absolute Gasteiger partial charge is 0.101 e. The third kappa shape index (κ3) is 1.40. The third-order valence-electron chi connectivity index (χ3n) is 6.08. The third-order valence-corrected chi connectivity index (χ3v) is 6.08. The lowest BCUT2D eigenvalue weighted by atomic mass is 9.77. The fourth-order valence-electron chi connectivity index (χ4n) is 4.68. The van der Waals surface area contributed by atoms with Crippen LogP contribution in [0, 0.1) is 17.8 Å². The van der Waals surface area contributed by atoms with Crippen molar-refractivity contribution in [3.8, 4) is 0 Å². The van der Waals surface area contributed by atoms with Crippen LogP contribution in [-0.2, 0) is 4.74 Å². The van der Waals surface area contributed by atoms with Gasteiger partial charge in [-0.15, -0.1) is 0 Å². The molecule has 0 aromatic heterocycles. The van der Waals surface area contributed by atoms with Crippen molar-refractivity contribution < 1.29 is 9.84 Å². The molecule has 0 spiro atoms.